The van der Waals surface area contributed by atoms with Crippen LogP contribution < -0.4 is 10.5 Å². The van der Waals surface area contributed by atoms with Crippen LogP contribution in [-0.2, 0) is 7.05 Å². The lowest BCUT2D eigenvalue weighted by Crippen LogP contribution is -2.45. The van der Waals surface area contributed by atoms with Gasteiger partial charge in [-0.1, -0.05) is 0 Å². The minimum atomic E-state index is -1.06. The van der Waals surface area contributed by atoms with Crippen molar-refractivity contribution >= 4 is 11.8 Å². The molecule has 0 aromatic carbocycles. The number of rotatable bonds is 2. The molecule has 2 aromatic heterocycles. The van der Waals surface area contributed by atoms with E-state index in [2.05, 4.69) is 4.98 Å². The van der Waals surface area contributed by atoms with Gasteiger partial charge in [0.25, 0.3) is 5.56 Å². The standard InChI is InChI=1S/C16H19N3O3/c1-16(2,3)19(15(21)22)13-10-17-7-5-12(13)11-6-8-18(4)14(20)9-11/h5-10H,1-4H3,(H,21,22). The molecular formula is C16H19N3O3. The van der Waals surface area contributed by atoms with Crippen molar-refractivity contribution in [2.24, 2.45) is 7.05 Å². The van der Waals surface area contributed by atoms with E-state index < -0.39 is 11.6 Å². The van der Waals surface area contributed by atoms with E-state index in [1.807, 2.05) is 20.8 Å². The molecule has 1 N–H and O–H groups in total. The topological polar surface area (TPSA) is 75.4 Å². The lowest BCUT2D eigenvalue weighted by Gasteiger charge is -2.34. The fraction of sp³-hybridized carbons (Fsp3) is 0.312. The molecule has 0 radical (unpaired) electrons. The summed E-state index contributed by atoms with van der Waals surface area (Å²) in [5.74, 6) is 0. The van der Waals surface area contributed by atoms with Crippen LogP contribution in [0.3, 0.4) is 0 Å². The summed E-state index contributed by atoms with van der Waals surface area (Å²) in [7, 11) is 1.66. The van der Waals surface area contributed by atoms with Crippen LogP contribution in [0.2, 0.25) is 0 Å². The summed E-state index contributed by atoms with van der Waals surface area (Å²) in [6.07, 6.45) is 3.68. The average Bonchev–Trinajstić information content (AvgIpc) is 2.40. The second kappa shape index (κ2) is 5.63. The lowest BCUT2D eigenvalue weighted by atomic mass is 10.0. The number of anilines is 1. The summed E-state index contributed by atoms with van der Waals surface area (Å²) in [6, 6.07) is 4.98. The van der Waals surface area contributed by atoms with Crippen molar-refractivity contribution in [3.05, 3.63) is 47.1 Å². The van der Waals surface area contributed by atoms with Crippen LogP contribution in [0.1, 0.15) is 20.8 Å². The largest absolute Gasteiger partial charge is 0.465 e. The van der Waals surface area contributed by atoms with Crippen molar-refractivity contribution in [3.8, 4) is 11.1 Å². The van der Waals surface area contributed by atoms with Gasteiger partial charge in [-0.2, -0.15) is 0 Å². The quantitative estimate of drug-likeness (QED) is 0.925. The predicted octanol–water partition coefficient (Wildman–Crippen LogP) is 2.73. The van der Waals surface area contributed by atoms with E-state index in [9.17, 15) is 14.7 Å². The maximum Gasteiger partial charge on any atom is 0.412 e. The van der Waals surface area contributed by atoms with Crippen LogP contribution in [-0.4, -0.2) is 26.3 Å². The molecule has 0 fully saturated rings. The van der Waals surface area contributed by atoms with Crippen LogP contribution in [0.5, 0.6) is 0 Å². The summed E-state index contributed by atoms with van der Waals surface area (Å²) in [5.41, 5.74) is 0.985. The third-order valence-corrected chi connectivity index (χ3v) is 3.32. The molecule has 2 heterocycles. The number of aromatic nitrogens is 2. The zero-order valence-corrected chi connectivity index (χ0v) is 13.1. The molecule has 22 heavy (non-hydrogen) atoms. The second-order valence-electron chi connectivity index (χ2n) is 6.05. The first-order chi connectivity index (χ1) is 10.2. The number of amides is 1. The molecular weight excluding hydrogens is 282 g/mol. The molecule has 0 saturated heterocycles. The molecule has 116 valence electrons. The van der Waals surface area contributed by atoms with Gasteiger partial charge in [-0.15, -0.1) is 0 Å². The molecule has 2 aromatic rings. The van der Waals surface area contributed by atoms with Gasteiger partial charge in [0.2, 0.25) is 0 Å². The SMILES string of the molecule is Cn1ccc(-c2ccncc2N(C(=O)O)C(C)(C)C)cc1=O. The Labute approximate surface area is 128 Å². The summed E-state index contributed by atoms with van der Waals surface area (Å²) in [6.45, 7) is 5.42. The summed E-state index contributed by atoms with van der Waals surface area (Å²) >= 11 is 0. The Morgan fingerprint density at radius 3 is 2.55 bits per heavy atom. The van der Waals surface area contributed by atoms with Crippen LogP contribution in [0.15, 0.2) is 41.6 Å². The van der Waals surface area contributed by atoms with Gasteiger partial charge in [0.1, 0.15) is 0 Å². The van der Waals surface area contributed by atoms with Gasteiger partial charge in [-0.3, -0.25) is 14.7 Å². The Kier molecular flexibility index (Phi) is 4.03. The minimum Gasteiger partial charge on any atom is -0.465 e. The highest BCUT2D eigenvalue weighted by atomic mass is 16.4. The maximum absolute atomic E-state index is 11.8. The van der Waals surface area contributed by atoms with E-state index in [0.717, 1.165) is 0 Å². The van der Waals surface area contributed by atoms with Gasteiger partial charge in [0, 0.05) is 36.6 Å². The van der Waals surface area contributed by atoms with E-state index in [1.165, 1.54) is 21.7 Å². The van der Waals surface area contributed by atoms with Crippen molar-refractivity contribution in [2.45, 2.75) is 26.3 Å². The third kappa shape index (κ3) is 3.00. The number of hydrogen-bond donors (Lipinski definition) is 1. The van der Waals surface area contributed by atoms with Crippen molar-refractivity contribution in [1.82, 2.24) is 9.55 Å². The van der Waals surface area contributed by atoms with Crippen LogP contribution in [0, 0.1) is 0 Å². The van der Waals surface area contributed by atoms with Crippen LogP contribution in [0.4, 0.5) is 10.5 Å². The highest BCUT2D eigenvalue weighted by Gasteiger charge is 2.30. The molecule has 2 rings (SSSR count). The Morgan fingerprint density at radius 1 is 1.32 bits per heavy atom. The van der Waals surface area contributed by atoms with E-state index in [0.29, 0.717) is 16.8 Å². The van der Waals surface area contributed by atoms with Gasteiger partial charge in [0.05, 0.1) is 11.9 Å². The first kappa shape index (κ1) is 15.8. The molecule has 0 aliphatic carbocycles. The summed E-state index contributed by atoms with van der Waals surface area (Å²) < 4.78 is 1.46. The number of nitrogens with zero attached hydrogens (tertiary/aromatic N) is 3. The monoisotopic (exact) mass is 301 g/mol. The number of pyridine rings is 2. The molecule has 0 aliphatic heterocycles. The lowest BCUT2D eigenvalue weighted by molar-refractivity contribution is 0.195. The zero-order valence-electron chi connectivity index (χ0n) is 13.1. The highest BCUT2D eigenvalue weighted by Crippen LogP contribution is 2.33. The van der Waals surface area contributed by atoms with Gasteiger partial charge >= 0.3 is 6.09 Å². The smallest absolute Gasteiger partial charge is 0.412 e. The van der Waals surface area contributed by atoms with Crippen molar-refractivity contribution in [1.29, 1.82) is 0 Å². The van der Waals surface area contributed by atoms with Crippen molar-refractivity contribution in [2.75, 3.05) is 4.90 Å². The number of carbonyl (C=O) groups is 1. The summed E-state index contributed by atoms with van der Waals surface area (Å²) in [5, 5.41) is 9.56. The molecule has 1 amide bonds. The van der Waals surface area contributed by atoms with Gasteiger partial charge in [-0.05, 0) is 38.5 Å². The second-order valence-corrected chi connectivity index (χ2v) is 6.05. The Bertz CT molecular complexity index is 760. The minimum absolute atomic E-state index is 0.155. The molecule has 0 atom stereocenters. The Morgan fingerprint density at radius 2 is 2.00 bits per heavy atom. The van der Waals surface area contributed by atoms with E-state index in [1.54, 1.807) is 31.6 Å². The number of aryl methyl sites for hydroxylation is 1. The molecule has 0 saturated carbocycles. The fourth-order valence-corrected chi connectivity index (χ4v) is 2.28. The maximum atomic E-state index is 11.8. The molecule has 0 unspecified atom stereocenters. The Hall–Kier alpha value is -2.63. The third-order valence-electron chi connectivity index (χ3n) is 3.32. The van der Waals surface area contributed by atoms with Crippen molar-refractivity contribution < 1.29 is 9.90 Å². The fourth-order valence-electron chi connectivity index (χ4n) is 2.28. The molecule has 6 nitrogen and oxygen atoms in total. The number of hydrogen-bond acceptors (Lipinski definition) is 3. The zero-order chi connectivity index (χ0) is 16.5. The van der Waals surface area contributed by atoms with E-state index in [-0.39, 0.29) is 5.56 Å². The highest BCUT2D eigenvalue weighted by molar-refractivity contribution is 5.93. The number of carboxylic acid groups (broad SMARTS) is 1. The molecule has 0 aliphatic rings. The van der Waals surface area contributed by atoms with Crippen LogP contribution in [0.25, 0.3) is 11.1 Å². The average molecular weight is 301 g/mol. The molecule has 6 heteroatoms. The van der Waals surface area contributed by atoms with E-state index in [4.69, 9.17) is 0 Å². The van der Waals surface area contributed by atoms with Gasteiger partial charge < -0.3 is 9.67 Å². The first-order valence-corrected chi connectivity index (χ1v) is 6.86. The summed E-state index contributed by atoms with van der Waals surface area (Å²) in [4.78, 5) is 28.8. The normalized spacial score (nSPS) is 11.3. The Balaban J connectivity index is 2.66. The van der Waals surface area contributed by atoms with Gasteiger partial charge in [0.15, 0.2) is 0 Å². The molecule has 0 bridgehead atoms. The van der Waals surface area contributed by atoms with E-state index >= 15 is 0 Å². The van der Waals surface area contributed by atoms with Gasteiger partial charge in [-0.25, -0.2) is 4.79 Å². The predicted molar refractivity (Wildman–Crippen MR) is 85.2 cm³/mol. The molecule has 0 spiro atoms. The van der Waals surface area contributed by atoms with Crippen molar-refractivity contribution in [3.63, 3.8) is 0 Å². The first-order valence-electron chi connectivity index (χ1n) is 6.86. The van der Waals surface area contributed by atoms with Crippen LogP contribution >= 0.6 is 0 Å².